The Labute approximate surface area is 126 Å². The van der Waals surface area contributed by atoms with E-state index in [2.05, 4.69) is 26.6 Å². The van der Waals surface area contributed by atoms with Crippen molar-refractivity contribution in [1.29, 1.82) is 0 Å². The fourth-order valence-corrected chi connectivity index (χ4v) is 2.80. The van der Waals surface area contributed by atoms with E-state index in [0.717, 1.165) is 9.35 Å². The van der Waals surface area contributed by atoms with Crippen molar-refractivity contribution in [2.24, 2.45) is 5.92 Å². The third kappa shape index (κ3) is 4.95. The number of nitrogens with one attached hydrogen (secondary N) is 2. The van der Waals surface area contributed by atoms with E-state index >= 15 is 0 Å². The number of amides is 2. The van der Waals surface area contributed by atoms with Gasteiger partial charge in [-0.15, -0.1) is 11.3 Å². The van der Waals surface area contributed by atoms with Gasteiger partial charge in [-0.25, -0.2) is 0 Å². The molecule has 1 unspecified atom stereocenters. The summed E-state index contributed by atoms with van der Waals surface area (Å²) in [6.07, 6.45) is 0. The number of thiophene rings is 1. The van der Waals surface area contributed by atoms with Crippen molar-refractivity contribution < 1.29 is 9.59 Å². The molecule has 106 valence electrons. The van der Waals surface area contributed by atoms with Gasteiger partial charge < -0.3 is 10.6 Å². The molecule has 0 fully saturated rings. The number of hydrogen-bond donors (Lipinski definition) is 2. The molecule has 1 aromatic rings. The summed E-state index contributed by atoms with van der Waals surface area (Å²) in [5, 5.41) is 5.49. The maximum Gasteiger partial charge on any atom is 0.262 e. The summed E-state index contributed by atoms with van der Waals surface area (Å²) < 4.78 is 0.939. The average molecular weight is 347 g/mol. The molecule has 0 spiro atoms. The topological polar surface area (TPSA) is 58.2 Å². The van der Waals surface area contributed by atoms with Crippen LogP contribution in [0.3, 0.4) is 0 Å². The Balaban J connectivity index is 2.54. The van der Waals surface area contributed by atoms with Gasteiger partial charge in [0.2, 0.25) is 5.91 Å². The lowest BCUT2D eigenvalue weighted by atomic mass is 10.2. The molecular formula is C13H19BrN2O2S. The van der Waals surface area contributed by atoms with Crippen LogP contribution in [0.25, 0.3) is 0 Å². The van der Waals surface area contributed by atoms with Gasteiger partial charge in [-0.2, -0.15) is 0 Å². The molecule has 0 aliphatic heterocycles. The van der Waals surface area contributed by atoms with Gasteiger partial charge >= 0.3 is 0 Å². The van der Waals surface area contributed by atoms with Gasteiger partial charge in [0, 0.05) is 6.54 Å². The molecule has 19 heavy (non-hydrogen) atoms. The van der Waals surface area contributed by atoms with E-state index in [0.29, 0.717) is 17.3 Å². The lowest BCUT2D eigenvalue weighted by Crippen LogP contribution is -2.45. The molecule has 2 amide bonds. The van der Waals surface area contributed by atoms with Gasteiger partial charge in [-0.1, -0.05) is 13.8 Å². The molecule has 0 saturated heterocycles. The SMILES string of the molecule is Cc1cc(C(=O)NC(C)C(=O)NCC(C)C)sc1Br. The smallest absolute Gasteiger partial charge is 0.262 e. The molecule has 6 heteroatoms. The number of rotatable bonds is 5. The maximum atomic E-state index is 12.0. The van der Waals surface area contributed by atoms with Crippen LogP contribution in [0.5, 0.6) is 0 Å². The fourth-order valence-electron chi connectivity index (χ4n) is 1.36. The van der Waals surface area contributed by atoms with Crippen molar-refractivity contribution in [1.82, 2.24) is 10.6 Å². The standard InChI is InChI=1S/C13H19BrN2O2S/c1-7(2)6-15-12(17)9(4)16-13(18)10-5-8(3)11(14)19-10/h5,7,9H,6H2,1-4H3,(H,15,17)(H,16,18). The van der Waals surface area contributed by atoms with Crippen LogP contribution in [-0.2, 0) is 4.79 Å². The molecule has 1 atom stereocenters. The summed E-state index contributed by atoms with van der Waals surface area (Å²) in [6.45, 7) is 8.27. The van der Waals surface area contributed by atoms with E-state index in [4.69, 9.17) is 0 Å². The summed E-state index contributed by atoms with van der Waals surface area (Å²) in [4.78, 5) is 24.3. The highest BCUT2D eigenvalue weighted by atomic mass is 79.9. The number of halogens is 1. The normalized spacial score (nSPS) is 12.3. The molecule has 2 N–H and O–H groups in total. The predicted octanol–water partition coefficient (Wildman–Crippen LogP) is 2.71. The number of aryl methyl sites for hydroxylation is 1. The Morgan fingerprint density at radius 2 is 2.00 bits per heavy atom. The van der Waals surface area contributed by atoms with E-state index < -0.39 is 6.04 Å². The summed E-state index contributed by atoms with van der Waals surface area (Å²) in [6, 6.07) is 1.27. The second-order valence-corrected chi connectivity index (χ2v) is 7.27. The Kier molecular flexibility index (Phi) is 6.00. The van der Waals surface area contributed by atoms with Crippen LogP contribution in [0.4, 0.5) is 0 Å². The van der Waals surface area contributed by atoms with Gasteiger partial charge in [0.05, 0.1) is 8.66 Å². The monoisotopic (exact) mass is 346 g/mol. The van der Waals surface area contributed by atoms with Gasteiger partial charge in [0.1, 0.15) is 6.04 Å². The molecule has 0 saturated carbocycles. The maximum absolute atomic E-state index is 12.0. The third-order valence-corrected chi connectivity index (χ3v) is 4.64. The molecule has 0 radical (unpaired) electrons. The minimum Gasteiger partial charge on any atom is -0.354 e. The minimum absolute atomic E-state index is 0.158. The van der Waals surface area contributed by atoms with Crippen LogP contribution in [-0.4, -0.2) is 24.4 Å². The van der Waals surface area contributed by atoms with Gasteiger partial charge in [0.25, 0.3) is 5.91 Å². The first-order chi connectivity index (χ1) is 8.81. The Hall–Kier alpha value is -0.880. The van der Waals surface area contributed by atoms with Gasteiger partial charge in [0.15, 0.2) is 0 Å². The lowest BCUT2D eigenvalue weighted by Gasteiger charge is -2.14. The zero-order valence-electron chi connectivity index (χ0n) is 11.5. The van der Waals surface area contributed by atoms with Crippen molar-refractivity contribution >= 4 is 39.1 Å². The quantitative estimate of drug-likeness (QED) is 0.861. The molecule has 0 aromatic carbocycles. The Bertz CT molecular complexity index is 452. The van der Waals surface area contributed by atoms with E-state index in [1.165, 1.54) is 11.3 Å². The molecule has 0 aliphatic carbocycles. The molecule has 0 bridgehead atoms. The Morgan fingerprint density at radius 3 is 2.47 bits per heavy atom. The van der Waals surface area contributed by atoms with Crippen LogP contribution >= 0.6 is 27.3 Å². The second kappa shape index (κ2) is 7.05. The van der Waals surface area contributed by atoms with Crippen LogP contribution < -0.4 is 10.6 Å². The first kappa shape index (κ1) is 16.2. The highest BCUT2D eigenvalue weighted by Gasteiger charge is 2.18. The summed E-state index contributed by atoms with van der Waals surface area (Å²) >= 11 is 4.75. The number of carbonyl (C=O) groups is 2. The average Bonchev–Trinajstić information content (AvgIpc) is 2.66. The van der Waals surface area contributed by atoms with E-state index in [1.807, 2.05) is 26.8 Å². The van der Waals surface area contributed by atoms with Crippen molar-refractivity contribution in [3.8, 4) is 0 Å². The van der Waals surface area contributed by atoms with E-state index in [-0.39, 0.29) is 11.8 Å². The molecular weight excluding hydrogens is 328 g/mol. The number of carbonyl (C=O) groups excluding carboxylic acids is 2. The lowest BCUT2D eigenvalue weighted by molar-refractivity contribution is -0.122. The molecule has 1 rings (SSSR count). The van der Waals surface area contributed by atoms with Gasteiger partial charge in [-0.05, 0) is 47.3 Å². The zero-order chi connectivity index (χ0) is 14.6. The molecule has 1 heterocycles. The number of hydrogen-bond acceptors (Lipinski definition) is 3. The molecule has 4 nitrogen and oxygen atoms in total. The molecule has 0 aliphatic rings. The minimum atomic E-state index is -0.535. The van der Waals surface area contributed by atoms with Crippen LogP contribution in [0.2, 0.25) is 0 Å². The molecule has 1 aromatic heterocycles. The highest BCUT2D eigenvalue weighted by Crippen LogP contribution is 2.27. The predicted molar refractivity (Wildman–Crippen MR) is 81.5 cm³/mol. The van der Waals surface area contributed by atoms with Gasteiger partial charge in [-0.3, -0.25) is 9.59 Å². The van der Waals surface area contributed by atoms with Crippen molar-refractivity contribution in [3.05, 3.63) is 20.3 Å². The van der Waals surface area contributed by atoms with E-state index in [9.17, 15) is 9.59 Å². The van der Waals surface area contributed by atoms with Crippen molar-refractivity contribution in [3.63, 3.8) is 0 Å². The second-order valence-electron chi connectivity index (χ2n) is 4.90. The first-order valence-corrected chi connectivity index (χ1v) is 7.76. The van der Waals surface area contributed by atoms with Crippen LogP contribution in [0, 0.1) is 12.8 Å². The highest BCUT2D eigenvalue weighted by molar-refractivity contribution is 9.11. The zero-order valence-corrected chi connectivity index (χ0v) is 13.9. The summed E-state index contributed by atoms with van der Waals surface area (Å²) in [5.41, 5.74) is 1.02. The third-order valence-electron chi connectivity index (χ3n) is 2.51. The van der Waals surface area contributed by atoms with Crippen LogP contribution in [0.15, 0.2) is 9.85 Å². The van der Waals surface area contributed by atoms with E-state index in [1.54, 1.807) is 6.92 Å². The van der Waals surface area contributed by atoms with Crippen molar-refractivity contribution in [2.45, 2.75) is 33.7 Å². The summed E-state index contributed by atoms with van der Waals surface area (Å²) in [7, 11) is 0. The largest absolute Gasteiger partial charge is 0.354 e. The van der Waals surface area contributed by atoms with Crippen LogP contribution in [0.1, 0.15) is 36.0 Å². The first-order valence-electron chi connectivity index (χ1n) is 6.15. The Morgan fingerprint density at radius 1 is 1.37 bits per heavy atom. The summed E-state index contributed by atoms with van der Waals surface area (Å²) in [5.74, 6) is 0.0168. The fraction of sp³-hybridized carbons (Fsp3) is 0.538. The van der Waals surface area contributed by atoms with Crippen molar-refractivity contribution in [2.75, 3.05) is 6.54 Å².